The number of hydrogen-bond donors (Lipinski definition) is 0. The number of methoxy groups -OCH3 is 1. The first-order valence-electron chi connectivity index (χ1n) is 8.82. The van der Waals surface area contributed by atoms with E-state index in [2.05, 4.69) is 0 Å². The zero-order chi connectivity index (χ0) is 18.4. The average molecular weight is 353 g/mol. The lowest BCUT2D eigenvalue weighted by atomic mass is 9.86. The maximum Gasteiger partial charge on any atom is 0.410 e. The van der Waals surface area contributed by atoms with Gasteiger partial charge in [0.1, 0.15) is 6.61 Å². The summed E-state index contributed by atoms with van der Waals surface area (Å²) in [5.41, 5.74) is 2.58. The largest absolute Gasteiger partial charge is 0.465 e. The molecule has 5 nitrogen and oxygen atoms in total. The number of amides is 1. The van der Waals surface area contributed by atoms with Gasteiger partial charge in [0, 0.05) is 13.1 Å². The highest BCUT2D eigenvalue weighted by Crippen LogP contribution is 2.31. The third-order valence-electron chi connectivity index (χ3n) is 4.76. The van der Waals surface area contributed by atoms with Crippen molar-refractivity contribution in [2.24, 2.45) is 0 Å². The van der Waals surface area contributed by atoms with Crippen molar-refractivity contribution in [2.75, 3.05) is 20.2 Å². The predicted molar refractivity (Wildman–Crippen MR) is 98.0 cm³/mol. The lowest BCUT2D eigenvalue weighted by molar-refractivity contribution is 0.0596. The fourth-order valence-electron chi connectivity index (χ4n) is 3.33. The molecule has 0 aliphatic carbocycles. The van der Waals surface area contributed by atoms with Gasteiger partial charge in [-0.3, -0.25) is 0 Å². The van der Waals surface area contributed by atoms with Crippen molar-refractivity contribution in [1.82, 2.24) is 4.90 Å². The average Bonchev–Trinajstić information content (AvgIpc) is 2.72. The summed E-state index contributed by atoms with van der Waals surface area (Å²) in [4.78, 5) is 26.0. The molecule has 0 saturated carbocycles. The summed E-state index contributed by atoms with van der Waals surface area (Å²) in [6.07, 6.45) is 1.32. The maximum atomic E-state index is 12.3. The topological polar surface area (TPSA) is 55.8 Å². The minimum absolute atomic E-state index is 0.239. The Kier molecular flexibility index (Phi) is 5.89. The Labute approximate surface area is 153 Å². The van der Waals surface area contributed by atoms with Crippen molar-refractivity contribution < 1.29 is 19.1 Å². The number of likely N-dealkylation sites (tertiary alicyclic amines) is 1. The second-order valence-corrected chi connectivity index (χ2v) is 6.38. The van der Waals surface area contributed by atoms with Crippen LogP contribution in [0.1, 0.15) is 40.2 Å². The first-order valence-corrected chi connectivity index (χ1v) is 8.82. The first-order chi connectivity index (χ1) is 12.7. The highest BCUT2D eigenvalue weighted by Gasteiger charge is 2.27. The van der Waals surface area contributed by atoms with Crippen LogP contribution in [-0.2, 0) is 16.1 Å². The van der Waals surface area contributed by atoms with Crippen LogP contribution < -0.4 is 0 Å². The van der Waals surface area contributed by atoms with E-state index in [1.54, 1.807) is 11.0 Å². The standard InChI is InChI=1S/C21H23NO4/c1-25-20(23)19-10-6-5-9-18(19)17-11-13-22(14-12-17)21(24)26-15-16-7-3-2-4-8-16/h2-10,17H,11-15H2,1H3. The number of piperidine rings is 1. The van der Waals surface area contributed by atoms with Crippen LogP contribution in [0, 0.1) is 0 Å². The van der Waals surface area contributed by atoms with Crippen LogP contribution in [0.3, 0.4) is 0 Å². The van der Waals surface area contributed by atoms with Gasteiger partial charge >= 0.3 is 12.1 Å². The zero-order valence-electron chi connectivity index (χ0n) is 14.9. The SMILES string of the molecule is COC(=O)c1ccccc1C1CCN(C(=O)OCc2ccccc2)CC1. The molecule has 1 fully saturated rings. The van der Waals surface area contributed by atoms with Crippen molar-refractivity contribution in [3.63, 3.8) is 0 Å². The van der Waals surface area contributed by atoms with Crippen LogP contribution in [0.5, 0.6) is 0 Å². The van der Waals surface area contributed by atoms with E-state index in [0.717, 1.165) is 24.0 Å². The predicted octanol–water partition coefficient (Wildman–Crippen LogP) is 3.99. The summed E-state index contributed by atoms with van der Waals surface area (Å²) in [6.45, 7) is 1.52. The van der Waals surface area contributed by atoms with Gasteiger partial charge in [0.05, 0.1) is 12.7 Å². The molecular weight excluding hydrogens is 330 g/mol. The Hall–Kier alpha value is -2.82. The van der Waals surface area contributed by atoms with Crippen LogP contribution in [0.15, 0.2) is 54.6 Å². The summed E-state index contributed by atoms with van der Waals surface area (Å²) in [5, 5.41) is 0. The van der Waals surface area contributed by atoms with E-state index in [9.17, 15) is 9.59 Å². The van der Waals surface area contributed by atoms with Crippen molar-refractivity contribution in [3.8, 4) is 0 Å². The van der Waals surface area contributed by atoms with Gasteiger partial charge in [-0.1, -0.05) is 48.5 Å². The lowest BCUT2D eigenvalue weighted by Crippen LogP contribution is -2.38. The lowest BCUT2D eigenvalue weighted by Gasteiger charge is -2.32. The van der Waals surface area contributed by atoms with Crippen LogP contribution in [0.4, 0.5) is 4.79 Å². The molecule has 2 aromatic carbocycles. The van der Waals surface area contributed by atoms with E-state index in [1.807, 2.05) is 48.5 Å². The quantitative estimate of drug-likeness (QED) is 0.780. The number of rotatable bonds is 4. The Morgan fingerprint density at radius 3 is 2.35 bits per heavy atom. The highest BCUT2D eigenvalue weighted by molar-refractivity contribution is 5.91. The second-order valence-electron chi connectivity index (χ2n) is 6.38. The van der Waals surface area contributed by atoms with Crippen molar-refractivity contribution in [2.45, 2.75) is 25.4 Å². The second kappa shape index (κ2) is 8.52. The Balaban J connectivity index is 1.56. The number of hydrogen-bond acceptors (Lipinski definition) is 4. The molecule has 1 aliphatic heterocycles. The molecule has 0 radical (unpaired) electrons. The smallest absolute Gasteiger partial charge is 0.410 e. The third-order valence-corrected chi connectivity index (χ3v) is 4.76. The van der Waals surface area contributed by atoms with Gasteiger partial charge < -0.3 is 14.4 Å². The van der Waals surface area contributed by atoms with Gasteiger partial charge in [-0.15, -0.1) is 0 Å². The first kappa shape index (κ1) is 18.0. The maximum absolute atomic E-state index is 12.3. The third kappa shape index (κ3) is 4.23. The van der Waals surface area contributed by atoms with E-state index in [1.165, 1.54) is 7.11 Å². The molecule has 3 rings (SSSR count). The van der Waals surface area contributed by atoms with E-state index >= 15 is 0 Å². The monoisotopic (exact) mass is 353 g/mol. The fourth-order valence-corrected chi connectivity index (χ4v) is 3.33. The molecule has 0 unspecified atom stereocenters. The summed E-state index contributed by atoms with van der Waals surface area (Å²) >= 11 is 0. The van der Waals surface area contributed by atoms with Gasteiger partial charge in [-0.05, 0) is 36.0 Å². The van der Waals surface area contributed by atoms with Crippen LogP contribution in [0.2, 0.25) is 0 Å². The number of carbonyl (C=O) groups excluding carboxylic acids is 2. The molecule has 0 N–H and O–H groups in total. The van der Waals surface area contributed by atoms with E-state index < -0.39 is 0 Å². The number of esters is 1. The number of carbonyl (C=O) groups is 2. The molecule has 1 amide bonds. The fraction of sp³-hybridized carbons (Fsp3) is 0.333. The Bertz CT molecular complexity index is 752. The van der Waals surface area contributed by atoms with Crippen molar-refractivity contribution in [3.05, 3.63) is 71.3 Å². The molecular formula is C21H23NO4. The molecule has 2 aromatic rings. The molecule has 5 heteroatoms. The molecule has 1 aliphatic rings. The van der Waals surface area contributed by atoms with Gasteiger partial charge in [0.15, 0.2) is 0 Å². The molecule has 1 heterocycles. The zero-order valence-corrected chi connectivity index (χ0v) is 14.9. The molecule has 0 bridgehead atoms. The van der Waals surface area contributed by atoms with Gasteiger partial charge in [-0.25, -0.2) is 9.59 Å². The van der Waals surface area contributed by atoms with E-state index in [-0.39, 0.29) is 24.6 Å². The number of nitrogens with zero attached hydrogens (tertiary/aromatic N) is 1. The summed E-state index contributed by atoms with van der Waals surface area (Å²) in [6, 6.07) is 17.2. The Morgan fingerprint density at radius 1 is 1.00 bits per heavy atom. The molecule has 0 aromatic heterocycles. The molecule has 0 atom stereocenters. The van der Waals surface area contributed by atoms with Crippen molar-refractivity contribution in [1.29, 1.82) is 0 Å². The van der Waals surface area contributed by atoms with Crippen LogP contribution >= 0.6 is 0 Å². The van der Waals surface area contributed by atoms with Gasteiger partial charge in [0.2, 0.25) is 0 Å². The van der Waals surface area contributed by atoms with Crippen LogP contribution in [0.25, 0.3) is 0 Å². The number of benzene rings is 2. The van der Waals surface area contributed by atoms with Crippen molar-refractivity contribution >= 4 is 12.1 Å². The molecule has 26 heavy (non-hydrogen) atoms. The summed E-state index contributed by atoms with van der Waals surface area (Å²) in [7, 11) is 1.39. The Morgan fingerprint density at radius 2 is 1.65 bits per heavy atom. The summed E-state index contributed by atoms with van der Waals surface area (Å²) < 4.78 is 10.3. The van der Waals surface area contributed by atoms with E-state index in [0.29, 0.717) is 18.7 Å². The summed E-state index contributed by atoms with van der Waals surface area (Å²) in [5.74, 6) is -0.0752. The molecule has 0 spiro atoms. The molecule has 136 valence electrons. The van der Waals surface area contributed by atoms with Gasteiger partial charge in [-0.2, -0.15) is 0 Å². The molecule has 1 saturated heterocycles. The highest BCUT2D eigenvalue weighted by atomic mass is 16.6. The minimum atomic E-state index is -0.315. The van der Waals surface area contributed by atoms with Gasteiger partial charge in [0.25, 0.3) is 0 Å². The minimum Gasteiger partial charge on any atom is -0.465 e. The van der Waals surface area contributed by atoms with Crippen LogP contribution in [-0.4, -0.2) is 37.2 Å². The van der Waals surface area contributed by atoms with E-state index in [4.69, 9.17) is 9.47 Å². The number of ether oxygens (including phenoxy) is 2. The normalized spacial score (nSPS) is 14.7.